The smallest absolute Gasteiger partial charge is 0.355 e. The minimum Gasteiger partial charge on any atom is -0.355 e. The van der Waals surface area contributed by atoms with Crippen LogP contribution < -0.4 is 5.32 Å². The van der Waals surface area contributed by atoms with Crippen molar-refractivity contribution in [2.75, 3.05) is 6.67 Å². The van der Waals surface area contributed by atoms with Crippen LogP contribution in [0.3, 0.4) is 0 Å². The summed E-state index contributed by atoms with van der Waals surface area (Å²) in [7, 11) is 0. The molecule has 0 saturated carbocycles. The molecule has 0 aromatic carbocycles. The molecule has 0 aliphatic heterocycles. The third-order valence-electron chi connectivity index (χ3n) is 5.17. The molecule has 1 unspecified atom stereocenters. The summed E-state index contributed by atoms with van der Waals surface area (Å²) >= 11 is 12.7. The number of hydrogen-bond acceptors (Lipinski definition) is 6. The van der Waals surface area contributed by atoms with E-state index in [0.717, 1.165) is 36.2 Å². The Kier molecular flexibility index (Phi) is 12.9. The van der Waals surface area contributed by atoms with Gasteiger partial charge in [-0.2, -0.15) is 18.3 Å². The largest absolute Gasteiger partial charge is 0.434 e. The summed E-state index contributed by atoms with van der Waals surface area (Å²) in [5.74, 6) is -0.165. The summed E-state index contributed by atoms with van der Waals surface area (Å²) in [6.07, 6.45) is 13.3. The molecule has 2 rings (SSSR count). The minimum atomic E-state index is -5.01. The first-order valence-electron chi connectivity index (χ1n) is 11.5. The summed E-state index contributed by atoms with van der Waals surface area (Å²) in [5.41, 5.74) is -2.25. The molecule has 14 heteroatoms. The predicted molar refractivity (Wildman–Crippen MR) is 155 cm³/mol. The number of rotatable bonds is 13. The van der Waals surface area contributed by atoms with E-state index in [4.69, 9.17) is 40.6 Å². The Morgan fingerprint density at radius 2 is 2.07 bits per heavy atom. The molecule has 2 aromatic heterocycles. The standard InChI is InChI=1S/C28H21Cl2F5N4O2S/c1-5-17(32)13-18(6-2)39-26(28(33,34)35)20(14-37-39)25-21(15-42-16-23(27(30)40)36-8-4)24(38-41-25)19(7-3)22(29)11-9-10-12-31/h3-6,9-11,13-14,16,19,36H,1,12,15H2,2H3/b10-9-,17-13+,18-6+,22-11+,23-16-. The molecule has 0 aliphatic rings. The van der Waals surface area contributed by atoms with Crippen molar-refractivity contribution < 1.29 is 31.3 Å². The molecule has 42 heavy (non-hydrogen) atoms. The molecule has 220 valence electrons. The highest BCUT2D eigenvalue weighted by molar-refractivity contribution is 8.01. The number of alkyl halides is 4. The Balaban J connectivity index is 2.83. The number of nitrogens with one attached hydrogen (secondary N) is 1. The Morgan fingerprint density at radius 3 is 2.62 bits per heavy atom. The molecule has 2 aromatic rings. The fraction of sp³-hybridized carbons (Fsp3) is 0.179. The normalized spacial score (nSPS) is 14.0. The lowest BCUT2D eigenvalue weighted by Gasteiger charge is -2.13. The number of hydrogen-bond donors (Lipinski definition) is 1. The van der Waals surface area contributed by atoms with Crippen molar-refractivity contribution in [2.45, 2.75) is 24.8 Å². The number of aromatic nitrogens is 3. The summed E-state index contributed by atoms with van der Waals surface area (Å²) < 4.78 is 75.7. The maximum Gasteiger partial charge on any atom is 0.434 e. The van der Waals surface area contributed by atoms with Crippen LogP contribution in [-0.4, -0.2) is 26.9 Å². The lowest BCUT2D eigenvalue weighted by atomic mass is 9.98. The predicted octanol–water partition coefficient (Wildman–Crippen LogP) is 7.84. The number of thioether (sulfide) groups is 1. The highest BCUT2D eigenvalue weighted by Gasteiger charge is 2.41. The van der Waals surface area contributed by atoms with Crippen LogP contribution in [0.1, 0.15) is 29.8 Å². The fourth-order valence-electron chi connectivity index (χ4n) is 3.36. The maximum absolute atomic E-state index is 14.5. The van der Waals surface area contributed by atoms with E-state index in [-0.39, 0.29) is 39.2 Å². The number of carbonyl (C=O) groups is 1. The van der Waals surface area contributed by atoms with Gasteiger partial charge >= 0.3 is 6.18 Å². The first kappa shape index (κ1) is 34.2. The van der Waals surface area contributed by atoms with E-state index in [1.807, 2.05) is 6.04 Å². The second-order valence-electron chi connectivity index (χ2n) is 7.76. The van der Waals surface area contributed by atoms with E-state index in [9.17, 15) is 26.7 Å². The van der Waals surface area contributed by atoms with Crippen molar-refractivity contribution in [3.63, 3.8) is 0 Å². The summed E-state index contributed by atoms with van der Waals surface area (Å²) in [6, 6.07) is 2.04. The Bertz CT molecular complexity index is 1550. The van der Waals surface area contributed by atoms with Crippen LogP contribution in [0.4, 0.5) is 22.0 Å². The number of allylic oxidation sites excluding steroid dienone is 10. The third-order valence-corrected chi connectivity index (χ3v) is 6.57. The number of terminal acetylenes is 2. The van der Waals surface area contributed by atoms with Crippen molar-refractivity contribution in [2.24, 2.45) is 0 Å². The molecule has 6 nitrogen and oxygen atoms in total. The average Bonchev–Trinajstić information content (AvgIpc) is 3.56. The molecule has 0 aliphatic carbocycles. The van der Waals surface area contributed by atoms with Gasteiger partial charge in [0.2, 0.25) is 0 Å². The lowest BCUT2D eigenvalue weighted by molar-refractivity contribution is -0.142. The molecule has 0 saturated heterocycles. The van der Waals surface area contributed by atoms with E-state index in [1.54, 1.807) is 0 Å². The quantitative estimate of drug-likeness (QED) is 0.0599. The number of carbonyl (C=O) groups excluding carboxylic acids is 1. The van der Waals surface area contributed by atoms with E-state index >= 15 is 0 Å². The van der Waals surface area contributed by atoms with Crippen LogP contribution >= 0.6 is 35.0 Å². The zero-order valence-electron chi connectivity index (χ0n) is 21.7. The van der Waals surface area contributed by atoms with Gasteiger partial charge in [-0.15, -0.1) is 18.2 Å². The van der Waals surface area contributed by atoms with Gasteiger partial charge in [0.15, 0.2) is 11.5 Å². The lowest BCUT2D eigenvalue weighted by Crippen LogP contribution is -2.15. The SMILES string of the molecule is C#CN/C(=C\SCc1c(C(C#C)/C(Cl)=C\C=C/CF)noc1-c1cnn(C(/C=C(/F)C=C)=C/C)c1C(F)(F)F)C(=O)Cl. The van der Waals surface area contributed by atoms with Crippen LogP contribution in [0, 0.1) is 24.8 Å². The second-order valence-corrected chi connectivity index (χ2v) is 9.40. The van der Waals surface area contributed by atoms with Gasteiger partial charge in [0.1, 0.15) is 29.8 Å². The molecule has 2 heterocycles. The minimum absolute atomic E-state index is 0.0116. The third kappa shape index (κ3) is 8.52. The fourth-order valence-corrected chi connectivity index (χ4v) is 4.62. The monoisotopic (exact) mass is 642 g/mol. The molecular weight excluding hydrogens is 622 g/mol. The van der Waals surface area contributed by atoms with Crippen LogP contribution in [0.5, 0.6) is 0 Å². The van der Waals surface area contributed by atoms with Gasteiger partial charge < -0.3 is 9.84 Å². The van der Waals surface area contributed by atoms with Gasteiger partial charge in [-0.1, -0.05) is 53.9 Å². The second kappa shape index (κ2) is 15.9. The van der Waals surface area contributed by atoms with Crippen molar-refractivity contribution in [1.29, 1.82) is 0 Å². The molecule has 0 spiro atoms. The van der Waals surface area contributed by atoms with E-state index in [2.05, 4.69) is 28.1 Å². The number of halogens is 7. The summed E-state index contributed by atoms with van der Waals surface area (Å²) in [6.45, 7) is 3.87. The van der Waals surface area contributed by atoms with Crippen molar-refractivity contribution in [3.8, 4) is 36.1 Å². The molecule has 0 bridgehead atoms. The first-order valence-corrected chi connectivity index (χ1v) is 13.3. The van der Waals surface area contributed by atoms with Gasteiger partial charge in [-0.05, 0) is 36.8 Å². The molecule has 0 amide bonds. The van der Waals surface area contributed by atoms with Crippen LogP contribution in [-0.2, 0) is 16.7 Å². The highest BCUT2D eigenvalue weighted by atomic mass is 35.5. The topological polar surface area (TPSA) is 73.0 Å². The first-order chi connectivity index (χ1) is 19.9. The van der Waals surface area contributed by atoms with Crippen molar-refractivity contribution in [3.05, 3.63) is 88.1 Å². The zero-order valence-corrected chi connectivity index (χ0v) is 24.0. The number of nitrogens with zero attached hydrogens (tertiary/aromatic N) is 3. The van der Waals surface area contributed by atoms with Crippen LogP contribution in [0.25, 0.3) is 17.0 Å². The van der Waals surface area contributed by atoms with Gasteiger partial charge in [0.25, 0.3) is 5.24 Å². The van der Waals surface area contributed by atoms with E-state index in [0.29, 0.717) is 4.68 Å². The van der Waals surface area contributed by atoms with E-state index in [1.165, 1.54) is 30.6 Å². The average molecular weight is 643 g/mol. The summed E-state index contributed by atoms with van der Waals surface area (Å²) in [4.78, 5) is 11.6. The molecule has 1 N–H and O–H groups in total. The Hall–Kier alpha value is -3.97. The Labute approximate surface area is 252 Å². The zero-order chi connectivity index (χ0) is 31.4. The van der Waals surface area contributed by atoms with Gasteiger partial charge in [-0.25, -0.2) is 13.5 Å². The summed E-state index contributed by atoms with van der Waals surface area (Å²) in [5, 5.41) is 10.4. The highest BCUT2D eigenvalue weighted by Crippen LogP contribution is 2.43. The van der Waals surface area contributed by atoms with Gasteiger partial charge in [-0.3, -0.25) is 4.79 Å². The van der Waals surface area contributed by atoms with Crippen molar-refractivity contribution in [1.82, 2.24) is 20.3 Å². The molecule has 0 radical (unpaired) electrons. The van der Waals surface area contributed by atoms with E-state index < -0.39 is 41.1 Å². The maximum atomic E-state index is 14.5. The van der Waals surface area contributed by atoms with Crippen LogP contribution in [0.2, 0.25) is 0 Å². The van der Waals surface area contributed by atoms with Crippen LogP contribution in [0.15, 0.2) is 75.7 Å². The molecule has 1 atom stereocenters. The molecule has 0 fully saturated rings. The van der Waals surface area contributed by atoms with Crippen molar-refractivity contribution >= 4 is 45.9 Å². The molecular formula is C28H21Cl2F5N4O2S. The Morgan fingerprint density at radius 1 is 1.36 bits per heavy atom. The van der Waals surface area contributed by atoms with Gasteiger partial charge in [0, 0.05) is 27.8 Å². The van der Waals surface area contributed by atoms with Gasteiger partial charge in [0.05, 0.1) is 17.5 Å².